The maximum atomic E-state index is 11.8. The topological polar surface area (TPSA) is 60.4 Å². The summed E-state index contributed by atoms with van der Waals surface area (Å²) in [5.41, 5.74) is 0.799. The van der Waals surface area contributed by atoms with Gasteiger partial charge in [-0.1, -0.05) is 18.2 Å². The first-order chi connectivity index (χ1) is 8.59. The Morgan fingerprint density at radius 2 is 1.83 bits per heavy atom. The standard InChI is InChI=1S/C14H8O4/c1-7(15)9-6-5-8-3-2-4-10-11(8)12(9)14(17)18-13(10)16/h2-6H,1H3. The Morgan fingerprint density at radius 1 is 1.06 bits per heavy atom. The molecule has 0 aromatic heterocycles. The summed E-state index contributed by atoms with van der Waals surface area (Å²) in [6.45, 7) is 1.38. The Labute approximate surface area is 102 Å². The van der Waals surface area contributed by atoms with Crippen LogP contribution in [0.4, 0.5) is 0 Å². The molecular weight excluding hydrogens is 232 g/mol. The average molecular weight is 240 g/mol. The van der Waals surface area contributed by atoms with Gasteiger partial charge < -0.3 is 4.74 Å². The van der Waals surface area contributed by atoms with Crippen LogP contribution in [0, 0.1) is 0 Å². The summed E-state index contributed by atoms with van der Waals surface area (Å²) in [6.07, 6.45) is 0. The average Bonchev–Trinajstić information content (AvgIpc) is 2.34. The molecule has 0 spiro atoms. The van der Waals surface area contributed by atoms with Gasteiger partial charge in [0.2, 0.25) is 0 Å². The highest BCUT2D eigenvalue weighted by molar-refractivity contribution is 6.24. The maximum absolute atomic E-state index is 11.8. The maximum Gasteiger partial charge on any atom is 0.347 e. The molecule has 0 aliphatic carbocycles. The molecule has 0 unspecified atom stereocenters. The molecule has 2 aromatic rings. The minimum absolute atomic E-state index is 0.190. The van der Waals surface area contributed by atoms with E-state index in [0.717, 1.165) is 5.39 Å². The quantitative estimate of drug-likeness (QED) is 0.436. The highest BCUT2D eigenvalue weighted by Crippen LogP contribution is 2.31. The van der Waals surface area contributed by atoms with Crippen LogP contribution in [0.1, 0.15) is 38.0 Å². The molecule has 0 radical (unpaired) electrons. The van der Waals surface area contributed by atoms with Gasteiger partial charge in [0.1, 0.15) is 0 Å². The van der Waals surface area contributed by atoms with Crippen LogP contribution in [0.5, 0.6) is 0 Å². The van der Waals surface area contributed by atoms with E-state index in [4.69, 9.17) is 0 Å². The van der Waals surface area contributed by atoms with E-state index in [1.807, 2.05) is 0 Å². The van der Waals surface area contributed by atoms with Crippen molar-refractivity contribution in [1.29, 1.82) is 0 Å². The molecule has 0 saturated heterocycles. The zero-order valence-electron chi connectivity index (χ0n) is 9.52. The molecule has 2 aromatic carbocycles. The molecular formula is C14H8O4. The van der Waals surface area contributed by atoms with Crippen molar-refractivity contribution >= 4 is 28.5 Å². The predicted octanol–water partition coefficient (Wildman–Crippen LogP) is 2.35. The second-order valence-electron chi connectivity index (χ2n) is 4.12. The van der Waals surface area contributed by atoms with E-state index in [0.29, 0.717) is 10.9 Å². The second kappa shape index (κ2) is 3.50. The monoisotopic (exact) mass is 240 g/mol. The van der Waals surface area contributed by atoms with Crippen LogP contribution in [-0.2, 0) is 4.74 Å². The van der Waals surface area contributed by atoms with Crippen molar-refractivity contribution in [3.63, 3.8) is 0 Å². The zero-order chi connectivity index (χ0) is 12.9. The number of hydrogen-bond donors (Lipinski definition) is 0. The number of hydrogen-bond acceptors (Lipinski definition) is 4. The highest BCUT2D eigenvalue weighted by atomic mass is 16.6. The van der Waals surface area contributed by atoms with Crippen molar-refractivity contribution in [2.75, 3.05) is 0 Å². The van der Waals surface area contributed by atoms with Gasteiger partial charge in [-0.3, -0.25) is 4.79 Å². The molecule has 1 aliphatic heterocycles. The fourth-order valence-electron chi connectivity index (χ4n) is 2.24. The first kappa shape index (κ1) is 10.7. The molecule has 0 bridgehead atoms. The summed E-state index contributed by atoms with van der Waals surface area (Å²) in [6, 6.07) is 8.40. The van der Waals surface area contributed by atoms with E-state index in [-0.39, 0.29) is 16.9 Å². The van der Waals surface area contributed by atoms with E-state index in [1.165, 1.54) is 6.92 Å². The number of benzene rings is 2. The number of cyclic esters (lactones) is 2. The van der Waals surface area contributed by atoms with E-state index in [9.17, 15) is 14.4 Å². The number of esters is 2. The van der Waals surface area contributed by atoms with Gasteiger partial charge in [0.25, 0.3) is 0 Å². The van der Waals surface area contributed by atoms with Crippen LogP contribution >= 0.6 is 0 Å². The van der Waals surface area contributed by atoms with Gasteiger partial charge in [0.15, 0.2) is 5.78 Å². The van der Waals surface area contributed by atoms with Crippen LogP contribution in [-0.4, -0.2) is 17.7 Å². The van der Waals surface area contributed by atoms with Crippen LogP contribution in [0.2, 0.25) is 0 Å². The smallest absolute Gasteiger partial charge is 0.347 e. The van der Waals surface area contributed by atoms with Crippen molar-refractivity contribution in [3.8, 4) is 0 Å². The molecule has 0 amide bonds. The number of ether oxygens (including phenoxy) is 1. The van der Waals surface area contributed by atoms with Crippen molar-refractivity contribution in [1.82, 2.24) is 0 Å². The first-order valence-corrected chi connectivity index (χ1v) is 5.43. The van der Waals surface area contributed by atoms with Gasteiger partial charge in [0, 0.05) is 10.9 Å². The fraction of sp³-hybridized carbons (Fsp3) is 0.0714. The van der Waals surface area contributed by atoms with E-state index in [2.05, 4.69) is 4.74 Å². The van der Waals surface area contributed by atoms with Crippen LogP contribution in [0.3, 0.4) is 0 Å². The lowest BCUT2D eigenvalue weighted by atomic mass is 9.92. The number of carbonyl (C=O) groups is 3. The summed E-state index contributed by atoms with van der Waals surface area (Å²) >= 11 is 0. The molecule has 88 valence electrons. The largest absolute Gasteiger partial charge is 0.386 e. The Kier molecular flexibility index (Phi) is 2.07. The minimum atomic E-state index is -0.755. The van der Waals surface area contributed by atoms with E-state index < -0.39 is 11.9 Å². The molecule has 4 nitrogen and oxygen atoms in total. The molecule has 1 heterocycles. The van der Waals surface area contributed by atoms with Gasteiger partial charge in [-0.25, -0.2) is 9.59 Å². The van der Waals surface area contributed by atoms with Gasteiger partial charge in [-0.2, -0.15) is 0 Å². The van der Waals surface area contributed by atoms with Gasteiger partial charge in [-0.15, -0.1) is 0 Å². The molecule has 3 rings (SSSR count). The number of carbonyl (C=O) groups excluding carboxylic acids is 3. The third kappa shape index (κ3) is 1.29. The lowest BCUT2D eigenvalue weighted by molar-refractivity contribution is 0.0389. The summed E-state index contributed by atoms with van der Waals surface area (Å²) in [5, 5.41) is 1.25. The minimum Gasteiger partial charge on any atom is -0.386 e. The Hall–Kier alpha value is -2.49. The molecule has 0 fully saturated rings. The molecule has 0 saturated carbocycles. The highest BCUT2D eigenvalue weighted by Gasteiger charge is 2.30. The Morgan fingerprint density at radius 3 is 2.56 bits per heavy atom. The summed E-state index contributed by atoms with van der Waals surface area (Å²) < 4.78 is 4.66. The summed E-state index contributed by atoms with van der Waals surface area (Å²) in [7, 11) is 0. The van der Waals surface area contributed by atoms with Crippen molar-refractivity contribution < 1.29 is 19.1 Å². The van der Waals surface area contributed by atoms with Crippen molar-refractivity contribution in [2.45, 2.75) is 6.92 Å². The van der Waals surface area contributed by atoms with Gasteiger partial charge in [0.05, 0.1) is 11.1 Å². The van der Waals surface area contributed by atoms with Crippen LogP contribution in [0.15, 0.2) is 30.3 Å². The summed E-state index contributed by atoms with van der Waals surface area (Å²) in [5.74, 6) is -1.65. The van der Waals surface area contributed by atoms with Gasteiger partial charge >= 0.3 is 11.9 Å². The number of ketones is 1. The van der Waals surface area contributed by atoms with Crippen molar-refractivity contribution in [2.24, 2.45) is 0 Å². The molecule has 18 heavy (non-hydrogen) atoms. The predicted molar refractivity (Wildman–Crippen MR) is 63.7 cm³/mol. The molecule has 4 heteroatoms. The van der Waals surface area contributed by atoms with Crippen LogP contribution < -0.4 is 0 Å². The first-order valence-electron chi connectivity index (χ1n) is 5.43. The number of Topliss-reactive ketones (excluding diaryl/α,β-unsaturated/α-hetero) is 1. The SMILES string of the molecule is CC(=O)c1ccc2cccc3c2c1C(=O)OC3=O. The molecule has 1 aliphatic rings. The third-order valence-corrected chi connectivity index (χ3v) is 3.03. The molecule has 0 atom stereocenters. The lowest BCUT2D eigenvalue weighted by Crippen LogP contribution is -2.22. The third-order valence-electron chi connectivity index (χ3n) is 3.03. The van der Waals surface area contributed by atoms with E-state index >= 15 is 0 Å². The van der Waals surface area contributed by atoms with Gasteiger partial charge in [-0.05, 0) is 24.4 Å². The zero-order valence-corrected chi connectivity index (χ0v) is 9.52. The Bertz CT molecular complexity index is 728. The lowest BCUT2D eigenvalue weighted by Gasteiger charge is -2.17. The number of rotatable bonds is 1. The van der Waals surface area contributed by atoms with Crippen LogP contribution in [0.25, 0.3) is 10.8 Å². The molecule has 0 N–H and O–H groups in total. The van der Waals surface area contributed by atoms with E-state index in [1.54, 1.807) is 30.3 Å². The second-order valence-corrected chi connectivity index (χ2v) is 4.12. The Balaban J connectivity index is 2.55. The fourth-order valence-corrected chi connectivity index (χ4v) is 2.24. The normalized spacial score (nSPS) is 13.6. The summed E-state index contributed by atoms with van der Waals surface area (Å²) in [4.78, 5) is 35.0. The van der Waals surface area contributed by atoms with Crippen molar-refractivity contribution in [3.05, 3.63) is 47.0 Å².